The summed E-state index contributed by atoms with van der Waals surface area (Å²) in [6.07, 6.45) is 5.48. The van der Waals surface area contributed by atoms with Gasteiger partial charge in [-0.25, -0.2) is 4.98 Å². The summed E-state index contributed by atoms with van der Waals surface area (Å²) in [6.45, 7) is 6.17. The van der Waals surface area contributed by atoms with Gasteiger partial charge in [0, 0.05) is 43.9 Å². The van der Waals surface area contributed by atoms with Crippen LogP contribution in [0.2, 0.25) is 0 Å². The van der Waals surface area contributed by atoms with Gasteiger partial charge in [-0.15, -0.1) is 0 Å². The fraction of sp³-hybridized carbons (Fsp3) is 0.727. The molecule has 4 nitrogen and oxygen atoms in total. The molecule has 0 aliphatic heterocycles. The Morgan fingerprint density at radius 1 is 1.60 bits per heavy atom. The zero-order valence-corrected chi connectivity index (χ0v) is 9.58. The molecule has 0 saturated carbocycles. The average molecular weight is 211 g/mol. The number of rotatable bonds is 7. The van der Waals surface area contributed by atoms with Gasteiger partial charge in [0.15, 0.2) is 0 Å². The third kappa shape index (κ3) is 4.01. The van der Waals surface area contributed by atoms with Gasteiger partial charge in [0.25, 0.3) is 0 Å². The first-order chi connectivity index (χ1) is 7.20. The van der Waals surface area contributed by atoms with Gasteiger partial charge in [-0.05, 0) is 6.42 Å². The number of aromatic amines is 1. The van der Waals surface area contributed by atoms with Crippen LogP contribution >= 0.6 is 0 Å². The van der Waals surface area contributed by atoms with Crippen LogP contribution in [0.4, 0.5) is 0 Å². The Balaban J connectivity index is 2.16. The van der Waals surface area contributed by atoms with E-state index in [2.05, 4.69) is 29.1 Å². The molecular formula is C11H21N3O. The minimum absolute atomic E-state index is 0.00314. The highest BCUT2D eigenvalue weighted by molar-refractivity contribution is 4.87. The summed E-state index contributed by atoms with van der Waals surface area (Å²) >= 11 is 0. The van der Waals surface area contributed by atoms with Gasteiger partial charge < -0.3 is 15.4 Å². The third-order valence-corrected chi connectivity index (χ3v) is 2.88. The molecule has 0 amide bonds. The van der Waals surface area contributed by atoms with E-state index in [1.807, 2.05) is 6.20 Å². The number of hydrogen-bond donors (Lipinski definition) is 3. The van der Waals surface area contributed by atoms with Crippen LogP contribution < -0.4 is 5.32 Å². The van der Waals surface area contributed by atoms with Gasteiger partial charge in [0.1, 0.15) is 5.82 Å². The molecular weight excluding hydrogens is 190 g/mol. The fourth-order valence-electron chi connectivity index (χ4n) is 1.32. The Morgan fingerprint density at radius 2 is 2.40 bits per heavy atom. The SMILES string of the molecule is CCC(C)(CO)CNCCc1ncc[nH]1. The number of aliphatic hydroxyl groups excluding tert-OH is 1. The second kappa shape index (κ2) is 5.88. The lowest BCUT2D eigenvalue weighted by Gasteiger charge is -2.25. The van der Waals surface area contributed by atoms with Gasteiger partial charge >= 0.3 is 0 Å². The van der Waals surface area contributed by atoms with E-state index in [0.717, 1.165) is 31.8 Å². The van der Waals surface area contributed by atoms with Gasteiger partial charge in [0.05, 0.1) is 0 Å². The Hall–Kier alpha value is -0.870. The molecule has 0 radical (unpaired) electrons. The summed E-state index contributed by atoms with van der Waals surface area (Å²) in [5.74, 6) is 1.00. The van der Waals surface area contributed by atoms with Crippen molar-refractivity contribution in [3.63, 3.8) is 0 Å². The largest absolute Gasteiger partial charge is 0.396 e. The molecule has 0 aliphatic rings. The lowest BCUT2D eigenvalue weighted by molar-refractivity contribution is 0.136. The molecule has 0 aromatic carbocycles. The zero-order valence-electron chi connectivity index (χ0n) is 9.58. The molecule has 15 heavy (non-hydrogen) atoms. The number of nitrogens with one attached hydrogen (secondary N) is 2. The highest BCUT2D eigenvalue weighted by atomic mass is 16.3. The third-order valence-electron chi connectivity index (χ3n) is 2.88. The van der Waals surface area contributed by atoms with Crippen molar-refractivity contribution in [2.75, 3.05) is 19.7 Å². The van der Waals surface area contributed by atoms with E-state index in [1.54, 1.807) is 6.20 Å². The van der Waals surface area contributed by atoms with E-state index in [1.165, 1.54) is 0 Å². The van der Waals surface area contributed by atoms with E-state index < -0.39 is 0 Å². The zero-order chi connectivity index (χ0) is 11.1. The van der Waals surface area contributed by atoms with Gasteiger partial charge in [-0.3, -0.25) is 0 Å². The molecule has 3 N–H and O–H groups in total. The smallest absolute Gasteiger partial charge is 0.107 e. The Morgan fingerprint density at radius 3 is 2.93 bits per heavy atom. The second-order valence-corrected chi connectivity index (χ2v) is 4.28. The predicted molar refractivity (Wildman–Crippen MR) is 60.6 cm³/mol. The van der Waals surface area contributed by atoms with Crippen LogP contribution in [-0.2, 0) is 6.42 Å². The second-order valence-electron chi connectivity index (χ2n) is 4.28. The normalized spacial score (nSPS) is 15.1. The highest BCUT2D eigenvalue weighted by Gasteiger charge is 2.19. The van der Waals surface area contributed by atoms with Gasteiger partial charge in [-0.1, -0.05) is 13.8 Å². The summed E-state index contributed by atoms with van der Waals surface area (Å²) < 4.78 is 0. The molecule has 1 aromatic rings. The first-order valence-electron chi connectivity index (χ1n) is 5.50. The molecule has 1 atom stereocenters. The van der Waals surface area contributed by atoms with Gasteiger partial charge in [-0.2, -0.15) is 0 Å². The number of aliphatic hydroxyl groups is 1. The van der Waals surface area contributed by atoms with E-state index in [9.17, 15) is 5.11 Å². The van der Waals surface area contributed by atoms with Crippen LogP contribution in [0.25, 0.3) is 0 Å². The van der Waals surface area contributed by atoms with Crippen molar-refractivity contribution in [1.82, 2.24) is 15.3 Å². The number of H-pyrrole nitrogens is 1. The quantitative estimate of drug-likeness (QED) is 0.588. The lowest BCUT2D eigenvalue weighted by Crippen LogP contribution is -2.35. The maximum atomic E-state index is 9.21. The number of hydrogen-bond acceptors (Lipinski definition) is 3. The summed E-state index contributed by atoms with van der Waals surface area (Å²) in [6, 6.07) is 0. The Bertz CT molecular complexity index is 255. The van der Waals surface area contributed by atoms with Gasteiger partial charge in [0.2, 0.25) is 0 Å². The molecule has 0 saturated heterocycles. The van der Waals surface area contributed by atoms with Crippen molar-refractivity contribution in [2.24, 2.45) is 5.41 Å². The minimum atomic E-state index is 0.00314. The molecule has 0 spiro atoms. The Labute approximate surface area is 91.1 Å². The van der Waals surface area contributed by atoms with Crippen molar-refractivity contribution < 1.29 is 5.11 Å². The van der Waals surface area contributed by atoms with Crippen LogP contribution in [0.3, 0.4) is 0 Å². The molecule has 1 unspecified atom stereocenters. The Kier molecular flexibility index (Phi) is 4.78. The van der Waals surface area contributed by atoms with Crippen molar-refractivity contribution in [2.45, 2.75) is 26.7 Å². The van der Waals surface area contributed by atoms with Crippen LogP contribution in [0.1, 0.15) is 26.1 Å². The lowest BCUT2D eigenvalue weighted by atomic mass is 9.89. The molecule has 0 aliphatic carbocycles. The monoisotopic (exact) mass is 211 g/mol. The van der Waals surface area contributed by atoms with Crippen molar-refractivity contribution in [3.05, 3.63) is 18.2 Å². The van der Waals surface area contributed by atoms with Crippen molar-refractivity contribution in [1.29, 1.82) is 0 Å². The maximum absolute atomic E-state index is 9.21. The minimum Gasteiger partial charge on any atom is -0.396 e. The van der Waals surface area contributed by atoms with E-state index in [4.69, 9.17) is 0 Å². The summed E-state index contributed by atoms with van der Waals surface area (Å²) in [5.41, 5.74) is 0.00314. The maximum Gasteiger partial charge on any atom is 0.107 e. The highest BCUT2D eigenvalue weighted by Crippen LogP contribution is 2.17. The number of aromatic nitrogens is 2. The molecule has 0 bridgehead atoms. The van der Waals surface area contributed by atoms with Crippen LogP contribution in [0.15, 0.2) is 12.4 Å². The molecule has 0 fully saturated rings. The van der Waals surface area contributed by atoms with E-state index in [-0.39, 0.29) is 12.0 Å². The molecule has 86 valence electrons. The van der Waals surface area contributed by atoms with E-state index in [0.29, 0.717) is 0 Å². The van der Waals surface area contributed by atoms with Crippen LogP contribution in [0.5, 0.6) is 0 Å². The first-order valence-corrected chi connectivity index (χ1v) is 5.50. The number of nitrogens with zero attached hydrogens (tertiary/aromatic N) is 1. The molecule has 1 rings (SSSR count). The predicted octanol–water partition coefficient (Wildman–Crippen LogP) is 0.950. The summed E-state index contributed by atoms with van der Waals surface area (Å²) in [4.78, 5) is 7.21. The van der Waals surface area contributed by atoms with E-state index >= 15 is 0 Å². The molecule has 1 heterocycles. The molecule has 1 aromatic heterocycles. The average Bonchev–Trinajstić information content (AvgIpc) is 2.77. The van der Waals surface area contributed by atoms with Crippen LogP contribution in [0, 0.1) is 5.41 Å². The topological polar surface area (TPSA) is 60.9 Å². The van der Waals surface area contributed by atoms with Crippen molar-refractivity contribution >= 4 is 0 Å². The fourth-order valence-corrected chi connectivity index (χ4v) is 1.32. The van der Waals surface area contributed by atoms with Crippen LogP contribution in [-0.4, -0.2) is 34.8 Å². The summed E-state index contributed by atoms with van der Waals surface area (Å²) in [7, 11) is 0. The molecule has 4 heteroatoms. The number of imidazole rings is 1. The summed E-state index contributed by atoms with van der Waals surface area (Å²) in [5, 5.41) is 12.6. The van der Waals surface area contributed by atoms with Crippen molar-refractivity contribution in [3.8, 4) is 0 Å². The standard InChI is InChI=1S/C11H21N3O/c1-3-11(2,9-15)8-12-5-4-10-13-6-7-14-10/h6-7,12,15H,3-5,8-9H2,1-2H3,(H,13,14). The first kappa shape index (κ1) is 12.2.